The lowest BCUT2D eigenvalue weighted by molar-refractivity contribution is -0.611. The van der Waals surface area contributed by atoms with E-state index in [4.69, 9.17) is 5.73 Å². The third-order valence-corrected chi connectivity index (χ3v) is 5.57. The van der Waals surface area contributed by atoms with Gasteiger partial charge in [0, 0.05) is 31.5 Å². The Morgan fingerprint density at radius 1 is 1.26 bits per heavy atom. The summed E-state index contributed by atoms with van der Waals surface area (Å²) < 4.78 is 67.7. The molecule has 31 heavy (non-hydrogen) atoms. The van der Waals surface area contributed by atoms with Crippen molar-refractivity contribution >= 4 is 11.6 Å². The van der Waals surface area contributed by atoms with Crippen molar-refractivity contribution in [1.82, 2.24) is 0 Å². The standard InChI is InChI=1S/C21H22F5N3O2/c1-12-17(16(21(24,25)26)8-10-29(12)31)13-4-6-15(7-5-13)28-19(30)18(27)14-3-2-9-20(22,23)11-14/h4-8,10,14,18H,2-3,9,11,27H2,1H3,(H,28,30)/t14-,18-/m0/s1. The summed E-state index contributed by atoms with van der Waals surface area (Å²) in [6, 6.07) is 5.01. The average molecular weight is 443 g/mol. The minimum absolute atomic E-state index is 0.119. The summed E-state index contributed by atoms with van der Waals surface area (Å²) in [7, 11) is 0. The van der Waals surface area contributed by atoms with Crippen LogP contribution >= 0.6 is 0 Å². The van der Waals surface area contributed by atoms with Gasteiger partial charge in [-0.1, -0.05) is 12.1 Å². The van der Waals surface area contributed by atoms with Crippen molar-refractivity contribution in [1.29, 1.82) is 0 Å². The molecule has 3 rings (SSSR count). The molecule has 0 saturated heterocycles. The Bertz CT molecular complexity index is 961. The second-order valence-electron chi connectivity index (χ2n) is 7.82. The molecular weight excluding hydrogens is 421 g/mol. The molecular formula is C21H22F5N3O2. The number of benzene rings is 1. The van der Waals surface area contributed by atoms with Gasteiger partial charge in [0.25, 0.3) is 0 Å². The molecule has 2 aromatic rings. The molecule has 0 unspecified atom stereocenters. The molecule has 1 aliphatic carbocycles. The van der Waals surface area contributed by atoms with Gasteiger partial charge in [-0.05, 0) is 36.5 Å². The summed E-state index contributed by atoms with van der Waals surface area (Å²) in [5.74, 6) is -4.14. The number of amides is 1. The Morgan fingerprint density at radius 2 is 1.90 bits per heavy atom. The summed E-state index contributed by atoms with van der Waals surface area (Å²) in [6.07, 6.45) is -3.83. The molecule has 10 heteroatoms. The van der Waals surface area contributed by atoms with E-state index in [9.17, 15) is 32.0 Å². The summed E-state index contributed by atoms with van der Waals surface area (Å²) in [5, 5.41) is 14.3. The van der Waals surface area contributed by atoms with Gasteiger partial charge < -0.3 is 16.3 Å². The number of carbonyl (C=O) groups excluding carboxylic acids is 1. The van der Waals surface area contributed by atoms with E-state index >= 15 is 0 Å². The van der Waals surface area contributed by atoms with Crippen LogP contribution in [0.25, 0.3) is 11.1 Å². The number of hydrogen-bond acceptors (Lipinski definition) is 3. The van der Waals surface area contributed by atoms with Crippen LogP contribution in [0, 0.1) is 18.0 Å². The Balaban J connectivity index is 1.79. The number of alkyl halides is 5. The van der Waals surface area contributed by atoms with Gasteiger partial charge in [-0.15, -0.1) is 0 Å². The quantitative estimate of drug-likeness (QED) is 0.417. The Kier molecular flexibility index (Phi) is 6.22. The van der Waals surface area contributed by atoms with Crippen molar-refractivity contribution in [3.8, 4) is 11.1 Å². The SMILES string of the molecule is Cc1c(-c2ccc(NC(=O)[C@@H](N)[C@H]3CCCC(F)(F)C3)cc2)c(C(F)(F)F)cc[n+]1[O-]. The fourth-order valence-electron chi connectivity index (χ4n) is 3.92. The van der Waals surface area contributed by atoms with E-state index in [-0.39, 0.29) is 35.3 Å². The molecule has 168 valence electrons. The third-order valence-electron chi connectivity index (χ3n) is 5.57. The van der Waals surface area contributed by atoms with Crippen LogP contribution in [0.4, 0.5) is 27.6 Å². The number of nitrogens with two attached hydrogens (primary N) is 1. The van der Waals surface area contributed by atoms with Gasteiger partial charge in [-0.2, -0.15) is 17.9 Å². The summed E-state index contributed by atoms with van der Waals surface area (Å²) in [6.45, 7) is 1.28. The molecule has 0 bridgehead atoms. The molecule has 1 aromatic heterocycles. The van der Waals surface area contributed by atoms with Crippen LogP contribution in [0.5, 0.6) is 0 Å². The maximum atomic E-state index is 13.6. The van der Waals surface area contributed by atoms with Crippen molar-refractivity contribution < 1.29 is 31.5 Å². The largest absolute Gasteiger partial charge is 0.618 e. The fourth-order valence-corrected chi connectivity index (χ4v) is 3.92. The first-order valence-electron chi connectivity index (χ1n) is 9.74. The first-order valence-corrected chi connectivity index (χ1v) is 9.74. The lowest BCUT2D eigenvalue weighted by atomic mass is 9.82. The highest BCUT2D eigenvalue weighted by Crippen LogP contribution is 2.39. The Morgan fingerprint density at radius 3 is 2.48 bits per heavy atom. The zero-order valence-electron chi connectivity index (χ0n) is 16.7. The highest BCUT2D eigenvalue weighted by atomic mass is 19.4. The third kappa shape index (κ3) is 5.12. The van der Waals surface area contributed by atoms with E-state index in [1.165, 1.54) is 31.2 Å². The van der Waals surface area contributed by atoms with Gasteiger partial charge in [0.1, 0.15) is 0 Å². The van der Waals surface area contributed by atoms with E-state index in [1.54, 1.807) is 0 Å². The van der Waals surface area contributed by atoms with Crippen LogP contribution in [-0.2, 0) is 11.0 Å². The van der Waals surface area contributed by atoms with Crippen LogP contribution in [0.2, 0.25) is 0 Å². The average Bonchev–Trinajstić information content (AvgIpc) is 2.68. The van der Waals surface area contributed by atoms with E-state index in [2.05, 4.69) is 5.32 Å². The number of hydrogen-bond donors (Lipinski definition) is 2. The van der Waals surface area contributed by atoms with Crippen molar-refractivity contribution in [2.24, 2.45) is 11.7 Å². The van der Waals surface area contributed by atoms with Gasteiger partial charge in [-0.25, -0.2) is 8.78 Å². The molecule has 0 spiro atoms. The predicted molar refractivity (Wildman–Crippen MR) is 104 cm³/mol. The molecule has 1 amide bonds. The molecule has 1 aromatic carbocycles. The van der Waals surface area contributed by atoms with Crippen molar-refractivity contribution in [2.45, 2.75) is 50.7 Å². The van der Waals surface area contributed by atoms with Crippen LogP contribution in [0.1, 0.15) is 36.9 Å². The number of carbonyl (C=O) groups is 1. The number of anilines is 1. The highest BCUT2D eigenvalue weighted by Gasteiger charge is 2.40. The molecule has 0 aliphatic heterocycles. The number of pyridine rings is 1. The number of nitrogens with zero attached hydrogens (tertiary/aromatic N) is 1. The van der Waals surface area contributed by atoms with E-state index in [0.29, 0.717) is 17.2 Å². The van der Waals surface area contributed by atoms with Crippen molar-refractivity contribution in [3.05, 3.63) is 53.0 Å². The summed E-state index contributed by atoms with van der Waals surface area (Å²) in [5.41, 5.74) is 4.95. The van der Waals surface area contributed by atoms with Gasteiger partial charge in [-0.3, -0.25) is 4.79 Å². The fraction of sp³-hybridized carbons (Fsp3) is 0.429. The van der Waals surface area contributed by atoms with Gasteiger partial charge >= 0.3 is 6.18 Å². The zero-order chi connectivity index (χ0) is 23.0. The second kappa shape index (κ2) is 8.41. The van der Waals surface area contributed by atoms with Gasteiger partial charge in [0.15, 0.2) is 11.9 Å². The first-order chi connectivity index (χ1) is 14.4. The molecule has 3 N–H and O–H groups in total. The maximum Gasteiger partial charge on any atom is 0.417 e. The smallest absolute Gasteiger partial charge is 0.417 e. The number of rotatable bonds is 4. The lowest BCUT2D eigenvalue weighted by Crippen LogP contribution is -2.45. The topological polar surface area (TPSA) is 82.1 Å². The van der Waals surface area contributed by atoms with Crippen molar-refractivity contribution in [2.75, 3.05) is 5.32 Å². The number of aromatic nitrogens is 1. The Hall–Kier alpha value is -2.75. The molecule has 1 aliphatic rings. The van der Waals surface area contributed by atoms with Crippen LogP contribution in [0.3, 0.4) is 0 Å². The second-order valence-corrected chi connectivity index (χ2v) is 7.82. The van der Waals surface area contributed by atoms with Gasteiger partial charge in [0.2, 0.25) is 11.8 Å². The van der Waals surface area contributed by atoms with E-state index < -0.39 is 42.0 Å². The van der Waals surface area contributed by atoms with Gasteiger partial charge in [0.05, 0.1) is 17.2 Å². The normalized spacial score (nSPS) is 19.6. The molecule has 1 fully saturated rings. The molecule has 2 atom stereocenters. The lowest BCUT2D eigenvalue weighted by Gasteiger charge is -2.31. The minimum Gasteiger partial charge on any atom is -0.618 e. The molecule has 1 heterocycles. The summed E-state index contributed by atoms with van der Waals surface area (Å²) >= 11 is 0. The number of nitrogens with one attached hydrogen (secondary N) is 1. The summed E-state index contributed by atoms with van der Waals surface area (Å²) in [4.78, 5) is 12.4. The number of halogens is 5. The van der Waals surface area contributed by atoms with Crippen molar-refractivity contribution in [3.63, 3.8) is 0 Å². The van der Waals surface area contributed by atoms with E-state index in [0.717, 1.165) is 6.20 Å². The van der Waals surface area contributed by atoms with E-state index in [1.807, 2.05) is 0 Å². The highest BCUT2D eigenvalue weighted by molar-refractivity contribution is 5.95. The van der Waals surface area contributed by atoms with Crippen LogP contribution in [0.15, 0.2) is 36.5 Å². The Labute approximate surface area is 175 Å². The zero-order valence-corrected chi connectivity index (χ0v) is 16.7. The van der Waals surface area contributed by atoms with Crippen LogP contribution < -0.4 is 15.8 Å². The predicted octanol–water partition coefficient (Wildman–Crippen LogP) is 4.41. The maximum absolute atomic E-state index is 13.6. The first kappa shape index (κ1) is 22.9. The monoisotopic (exact) mass is 443 g/mol. The molecule has 1 saturated carbocycles. The van der Waals surface area contributed by atoms with Crippen LogP contribution in [-0.4, -0.2) is 17.9 Å². The molecule has 0 radical (unpaired) electrons. The minimum atomic E-state index is -4.66. The molecule has 5 nitrogen and oxygen atoms in total.